The number of benzene rings is 2. The first-order valence-corrected chi connectivity index (χ1v) is 10.8. The number of halogens is 1. The normalized spacial score (nSPS) is 15.9. The van der Waals surface area contributed by atoms with E-state index in [-0.39, 0.29) is 19.1 Å². The molecule has 0 aliphatic carbocycles. The van der Waals surface area contributed by atoms with E-state index in [2.05, 4.69) is 20.6 Å². The van der Waals surface area contributed by atoms with Crippen LogP contribution in [0.25, 0.3) is 0 Å². The number of aryl methyl sites for hydroxylation is 1. The Morgan fingerprint density at radius 2 is 1.82 bits per heavy atom. The van der Waals surface area contributed by atoms with E-state index in [1.54, 1.807) is 54.4 Å². The molecule has 1 saturated heterocycles. The number of aromatic nitrogens is 2. The molecular formula is C23H23ClN6O3. The summed E-state index contributed by atoms with van der Waals surface area (Å²) < 4.78 is 5.72. The molecule has 0 radical (unpaired) electrons. The molecule has 2 N–H and O–H groups in total. The number of carbonyl (C=O) groups is 2. The number of hydrogen-bond donors (Lipinski definition) is 2. The zero-order valence-corrected chi connectivity index (χ0v) is 18.9. The number of amides is 4. The largest absolute Gasteiger partial charge is 0.437 e. The van der Waals surface area contributed by atoms with E-state index in [9.17, 15) is 9.59 Å². The Bertz CT molecular complexity index is 1140. The van der Waals surface area contributed by atoms with Gasteiger partial charge in [0.2, 0.25) is 5.88 Å². The van der Waals surface area contributed by atoms with Crippen LogP contribution in [0.2, 0.25) is 5.02 Å². The zero-order valence-electron chi connectivity index (χ0n) is 18.2. The maximum Gasteiger partial charge on any atom is 0.331 e. The van der Waals surface area contributed by atoms with Crippen molar-refractivity contribution in [3.8, 4) is 11.6 Å². The highest BCUT2D eigenvalue weighted by molar-refractivity contribution is 6.30. The van der Waals surface area contributed by atoms with Crippen LogP contribution in [0.4, 0.5) is 15.3 Å². The van der Waals surface area contributed by atoms with E-state index in [1.165, 1.54) is 6.20 Å². The fourth-order valence-electron chi connectivity index (χ4n) is 3.35. The van der Waals surface area contributed by atoms with Gasteiger partial charge < -0.3 is 10.1 Å². The number of anilines is 1. The van der Waals surface area contributed by atoms with Gasteiger partial charge in [0.15, 0.2) is 6.29 Å². The van der Waals surface area contributed by atoms with Gasteiger partial charge >= 0.3 is 12.1 Å². The number of imide groups is 1. The lowest BCUT2D eigenvalue weighted by atomic mass is 10.2. The van der Waals surface area contributed by atoms with E-state index in [0.29, 0.717) is 22.3 Å². The molecule has 4 amide bonds. The van der Waals surface area contributed by atoms with E-state index in [4.69, 9.17) is 16.3 Å². The van der Waals surface area contributed by atoms with Crippen molar-refractivity contribution in [2.75, 3.05) is 11.9 Å². The molecule has 1 atom stereocenters. The summed E-state index contributed by atoms with van der Waals surface area (Å²) in [6.07, 6.45) is 2.45. The van der Waals surface area contributed by atoms with E-state index >= 15 is 0 Å². The second-order valence-electron chi connectivity index (χ2n) is 7.40. The highest BCUT2D eigenvalue weighted by Crippen LogP contribution is 2.23. The second-order valence-corrected chi connectivity index (χ2v) is 7.84. The first kappa shape index (κ1) is 22.3. The summed E-state index contributed by atoms with van der Waals surface area (Å²) in [6, 6.07) is 13.5. The fraction of sp³-hybridized carbons (Fsp3) is 0.217. The van der Waals surface area contributed by atoms with Gasteiger partial charge in [-0.3, -0.25) is 15.2 Å². The lowest BCUT2D eigenvalue weighted by molar-refractivity contribution is 0.108. The topological polar surface area (TPSA) is 99.7 Å². The molecule has 2 aromatic carbocycles. The highest BCUT2D eigenvalue weighted by Gasteiger charge is 2.37. The molecule has 1 aliphatic heterocycles. The van der Waals surface area contributed by atoms with E-state index in [1.807, 2.05) is 19.1 Å². The third-order valence-electron chi connectivity index (χ3n) is 4.99. The van der Waals surface area contributed by atoms with Crippen molar-refractivity contribution in [1.29, 1.82) is 0 Å². The molecule has 1 unspecified atom stereocenters. The van der Waals surface area contributed by atoms with Crippen LogP contribution >= 0.6 is 11.6 Å². The molecule has 0 bridgehead atoms. The third-order valence-corrected chi connectivity index (χ3v) is 5.24. The van der Waals surface area contributed by atoms with Crippen LogP contribution in [-0.2, 0) is 6.54 Å². The van der Waals surface area contributed by atoms with Crippen molar-refractivity contribution in [2.24, 2.45) is 0 Å². The summed E-state index contributed by atoms with van der Waals surface area (Å²) in [6.45, 7) is 4.14. The molecule has 9 nitrogen and oxygen atoms in total. The Kier molecular flexibility index (Phi) is 6.60. The van der Waals surface area contributed by atoms with E-state index in [0.717, 1.165) is 16.2 Å². The van der Waals surface area contributed by atoms with Crippen LogP contribution in [0, 0.1) is 6.92 Å². The minimum atomic E-state index is -0.738. The van der Waals surface area contributed by atoms with Crippen LogP contribution in [0.3, 0.4) is 0 Å². The molecule has 4 rings (SSSR count). The summed E-state index contributed by atoms with van der Waals surface area (Å²) in [5, 5.41) is 6.66. The molecule has 3 aromatic rings. The molecular weight excluding hydrogens is 444 g/mol. The van der Waals surface area contributed by atoms with Crippen molar-refractivity contribution < 1.29 is 14.3 Å². The van der Waals surface area contributed by atoms with Gasteiger partial charge in [-0.2, -0.15) is 0 Å². The SMILES string of the molecule is CCN1C(=O)NC(Nc2ccc(Oc3cncc(C)n3)cc2)N(Cc2ccc(Cl)cc2)C1=O. The molecule has 1 aliphatic rings. The van der Waals surface area contributed by atoms with E-state index < -0.39 is 12.3 Å². The van der Waals surface area contributed by atoms with Gasteiger partial charge in [0.05, 0.1) is 18.4 Å². The van der Waals surface area contributed by atoms with Gasteiger partial charge in [-0.25, -0.2) is 19.5 Å². The average molecular weight is 467 g/mol. The molecule has 33 heavy (non-hydrogen) atoms. The van der Waals surface area contributed by atoms with Crippen LogP contribution in [0.5, 0.6) is 11.6 Å². The van der Waals surface area contributed by atoms with Gasteiger partial charge in [-0.05, 0) is 55.8 Å². The van der Waals surface area contributed by atoms with Gasteiger partial charge in [0.25, 0.3) is 0 Å². The minimum Gasteiger partial charge on any atom is -0.437 e. The third kappa shape index (κ3) is 5.32. The summed E-state index contributed by atoms with van der Waals surface area (Å²) in [4.78, 5) is 36.5. The second kappa shape index (κ2) is 9.74. The molecule has 1 aromatic heterocycles. The van der Waals surface area contributed by atoms with Crippen molar-refractivity contribution in [3.63, 3.8) is 0 Å². The lowest BCUT2D eigenvalue weighted by Gasteiger charge is -2.41. The Morgan fingerprint density at radius 1 is 1.09 bits per heavy atom. The number of hydrogen-bond acceptors (Lipinski definition) is 6. The number of urea groups is 2. The number of nitrogens with one attached hydrogen (secondary N) is 2. The van der Waals surface area contributed by atoms with Gasteiger partial charge in [0.1, 0.15) is 5.75 Å². The van der Waals surface area contributed by atoms with Crippen molar-refractivity contribution >= 4 is 29.4 Å². The number of ether oxygens (including phenoxy) is 1. The summed E-state index contributed by atoms with van der Waals surface area (Å²) in [5.41, 5.74) is 2.34. The lowest BCUT2D eigenvalue weighted by Crippen LogP contribution is -2.66. The first-order valence-electron chi connectivity index (χ1n) is 10.4. The van der Waals surface area contributed by atoms with Gasteiger partial charge in [-0.1, -0.05) is 23.7 Å². The Balaban J connectivity index is 1.50. The standard InChI is InChI=1S/C23H23ClN6O3/c1-3-29-22(31)28-21(30(23(29)32)14-16-4-6-17(24)7-5-16)27-18-8-10-19(11-9-18)33-20-13-25-12-15(2)26-20/h4-13,21,27H,3,14H2,1-2H3,(H,28,31). The molecule has 0 saturated carbocycles. The van der Waals surface area contributed by atoms with Gasteiger partial charge in [0, 0.05) is 23.5 Å². The Hall–Kier alpha value is -3.85. The Labute approximate surface area is 196 Å². The number of rotatable bonds is 7. The van der Waals surface area contributed by atoms with Crippen LogP contribution < -0.4 is 15.4 Å². The zero-order chi connectivity index (χ0) is 23.4. The van der Waals surface area contributed by atoms with Gasteiger partial charge in [-0.15, -0.1) is 0 Å². The minimum absolute atomic E-state index is 0.266. The first-order chi connectivity index (χ1) is 15.9. The van der Waals surface area contributed by atoms with Crippen LogP contribution in [0.1, 0.15) is 18.2 Å². The molecule has 10 heteroatoms. The predicted molar refractivity (Wildman–Crippen MR) is 124 cm³/mol. The summed E-state index contributed by atoms with van der Waals surface area (Å²) >= 11 is 5.98. The monoisotopic (exact) mass is 466 g/mol. The summed E-state index contributed by atoms with van der Waals surface area (Å²) in [5.74, 6) is 0.981. The highest BCUT2D eigenvalue weighted by atomic mass is 35.5. The average Bonchev–Trinajstić information content (AvgIpc) is 2.79. The fourth-order valence-corrected chi connectivity index (χ4v) is 3.48. The molecule has 0 spiro atoms. The number of carbonyl (C=O) groups excluding carboxylic acids is 2. The predicted octanol–water partition coefficient (Wildman–Crippen LogP) is 4.59. The Morgan fingerprint density at radius 3 is 2.48 bits per heavy atom. The number of nitrogens with zero attached hydrogens (tertiary/aromatic N) is 4. The molecule has 2 heterocycles. The summed E-state index contributed by atoms with van der Waals surface area (Å²) in [7, 11) is 0. The smallest absolute Gasteiger partial charge is 0.331 e. The molecule has 1 fully saturated rings. The van der Waals surface area contributed by atoms with Crippen molar-refractivity contribution in [3.05, 3.63) is 77.2 Å². The van der Waals surface area contributed by atoms with Crippen LogP contribution in [0.15, 0.2) is 60.9 Å². The van der Waals surface area contributed by atoms with Crippen molar-refractivity contribution in [1.82, 2.24) is 25.1 Å². The maximum absolute atomic E-state index is 13.0. The van der Waals surface area contributed by atoms with Crippen molar-refractivity contribution in [2.45, 2.75) is 26.7 Å². The van der Waals surface area contributed by atoms with Crippen LogP contribution in [-0.4, -0.2) is 44.7 Å². The molecule has 170 valence electrons. The quantitative estimate of drug-likeness (QED) is 0.528. The maximum atomic E-state index is 13.0.